The quantitative estimate of drug-likeness (QED) is 0.767. The summed E-state index contributed by atoms with van der Waals surface area (Å²) in [5.41, 5.74) is -0.719. The van der Waals surface area contributed by atoms with Gasteiger partial charge in [-0.1, -0.05) is 20.8 Å². The number of aromatic nitrogens is 4. The molecule has 1 unspecified atom stereocenters. The molecule has 0 aliphatic rings. The summed E-state index contributed by atoms with van der Waals surface area (Å²) in [4.78, 5) is 1.41. The molecule has 0 spiro atoms. The van der Waals surface area contributed by atoms with Gasteiger partial charge in [0.2, 0.25) is 0 Å². The van der Waals surface area contributed by atoms with Crippen molar-refractivity contribution >= 4 is 0 Å². The average Bonchev–Trinajstić information content (AvgIpc) is 2.50. The number of hydrogen-bond donors (Lipinski definition) is 1. The molecule has 14 heavy (non-hydrogen) atoms. The van der Waals surface area contributed by atoms with Gasteiger partial charge in [-0.3, -0.25) is 0 Å². The molecule has 0 saturated heterocycles. The van der Waals surface area contributed by atoms with E-state index in [1.807, 2.05) is 20.8 Å². The van der Waals surface area contributed by atoms with Crippen LogP contribution in [0.25, 0.3) is 0 Å². The standard InChI is InChI=1S/C9H18N4O/c1-5-9(14,7(2)3)6-8-10-12-13(4)11-8/h7,14H,5-6H2,1-4H3. The number of aliphatic hydroxyl groups is 1. The highest BCUT2D eigenvalue weighted by Crippen LogP contribution is 2.24. The van der Waals surface area contributed by atoms with E-state index in [9.17, 15) is 5.11 Å². The molecular formula is C9H18N4O. The number of hydrogen-bond acceptors (Lipinski definition) is 4. The minimum Gasteiger partial charge on any atom is -0.389 e. The fourth-order valence-electron chi connectivity index (χ4n) is 1.41. The second-order valence-electron chi connectivity index (χ2n) is 3.98. The van der Waals surface area contributed by atoms with Gasteiger partial charge in [0.15, 0.2) is 5.82 Å². The number of aryl methyl sites for hydroxylation is 1. The summed E-state index contributed by atoms with van der Waals surface area (Å²) < 4.78 is 0. The van der Waals surface area contributed by atoms with Crippen LogP contribution in [-0.2, 0) is 13.5 Å². The van der Waals surface area contributed by atoms with Crippen molar-refractivity contribution in [2.24, 2.45) is 13.0 Å². The minimum atomic E-state index is -0.719. The molecule has 0 bridgehead atoms. The molecule has 1 aromatic rings. The van der Waals surface area contributed by atoms with Crippen molar-refractivity contribution in [1.82, 2.24) is 20.2 Å². The molecule has 0 aromatic carbocycles. The molecule has 1 heterocycles. The van der Waals surface area contributed by atoms with E-state index in [2.05, 4.69) is 15.4 Å². The Labute approximate surface area is 84.1 Å². The molecule has 0 aliphatic carbocycles. The van der Waals surface area contributed by atoms with Gasteiger partial charge in [-0.15, -0.1) is 10.2 Å². The van der Waals surface area contributed by atoms with Crippen LogP contribution in [0.1, 0.15) is 33.0 Å². The highest BCUT2D eigenvalue weighted by Gasteiger charge is 2.30. The van der Waals surface area contributed by atoms with Gasteiger partial charge in [0.1, 0.15) is 0 Å². The van der Waals surface area contributed by atoms with Crippen LogP contribution in [0, 0.1) is 5.92 Å². The Morgan fingerprint density at radius 2 is 2.14 bits per heavy atom. The lowest BCUT2D eigenvalue weighted by Gasteiger charge is -2.29. The van der Waals surface area contributed by atoms with Gasteiger partial charge in [0.25, 0.3) is 0 Å². The van der Waals surface area contributed by atoms with E-state index in [1.165, 1.54) is 4.80 Å². The average molecular weight is 198 g/mol. The van der Waals surface area contributed by atoms with Crippen LogP contribution >= 0.6 is 0 Å². The largest absolute Gasteiger partial charge is 0.389 e. The third kappa shape index (κ3) is 2.29. The third-order valence-electron chi connectivity index (χ3n) is 2.70. The third-order valence-corrected chi connectivity index (χ3v) is 2.70. The molecule has 5 nitrogen and oxygen atoms in total. The normalized spacial score (nSPS) is 15.9. The Hall–Kier alpha value is -0.970. The van der Waals surface area contributed by atoms with E-state index >= 15 is 0 Å². The molecule has 1 rings (SSSR count). The summed E-state index contributed by atoms with van der Waals surface area (Å²) in [6.07, 6.45) is 1.16. The van der Waals surface area contributed by atoms with Gasteiger partial charge in [-0.2, -0.15) is 4.80 Å². The predicted octanol–water partition coefficient (Wildman–Crippen LogP) is 0.550. The zero-order chi connectivity index (χ0) is 10.8. The highest BCUT2D eigenvalue weighted by atomic mass is 16.3. The highest BCUT2D eigenvalue weighted by molar-refractivity contribution is 4.92. The molecule has 1 N–H and O–H groups in total. The van der Waals surface area contributed by atoms with Crippen LogP contribution < -0.4 is 0 Å². The SMILES string of the molecule is CCC(O)(Cc1nnn(C)n1)C(C)C. The number of rotatable bonds is 4. The van der Waals surface area contributed by atoms with E-state index in [4.69, 9.17) is 0 Å². The Balaban J connectivity index is 2.75. The Bertz CT molecular complexity index is 297. The molecule has 0 amide bonds. The lowest BCUT2D eigenvalue weighted by atomic mass is 9.84. The molecule has 1 atom stereocenters. The van der Waals surface area contributed by atoms with E-state index < -0.39 is 5.60 Å². The van der Waals surface area contributed by atoms with Crippen LogP contribution in [0.15, 0.2) is 0 Å². The van der Waals surface area contributed by atoms with Crippen LogP contribution in [0.3, 0.4) is 0 Å². The van der Waals surface area contributed by atoms with Crippen molar-refractivity contribution in [2.75, 3.05) is 0 Å². The van der Waals surface area contributed by atoms with Crippen molar-refractivity contribution in [3.8, 4) is 0 Å². The summed E-state index contributed by atoms with van der Waals surface area (Å²) in [6.45, 7) is 5.97. The maximum atomic E-state index is 10.2. The van der Waals surface area contributed by atoms with Gasteiger partial charge in [-0.25, -0.2) is 0 Å². The lowest BCUT2D eigenvalue weighted by molar-refractivity contribution is -0.0100. The summed E-state index contributed by atoms with van der Waals surface area (Å²) in [6, 6.07) is 0. The van der Waals surface area contributed by atoms with E-state index in [1.54, 1.807) is 7.05 Å². The molecule has 1 aromatic heterocycles. The van der Waals surface area contributed by atoms with Crippen LogP contribution in [0.5, 0.6) is 0 Å². The van der Waals surface area contributed by atoms with E-state index in [-0.39, 0.29) is 5.92 Å². The molecular weight excluding hydrogens is 180 g/mol. The maximum absolute atomic E-state index is 10.2. The second-order valence-corrected chi connectivity index (χ2v) is 3.98. The first-order valence-corrected chi connectivity index (χ1v) is 4.93. The van der Waals surface area contributed by atoms with Gasteiger partial charge in [-0.05, 0) is 17.6 Å². The van der Waals surface area contributed by atoms with Crippen molar-refractivity contribution < 1.29 is 5.11 Å². The molecule has 0 radical (unpaired) electrons. The Kier molecular flexibility index (Phi) is 3.21. The van der Waals surface area contributed by atoms with Gasteiger partial charge >= 0.3 is 0 Å². The molecule has 80 valence electrons. The topological polar surface area (TPSA) is 63.8 Å². The van der Waals surface area contributed by atoms with Crippen LogP contribution in [0.2, 0.25) is 0 Å². The van der Waals surface area contributed by atoms with Crippen molar-refractivity contribution in [1.29, 1.82) is 0 Å². The van der Waals surface area contributed by atoms with Crippen LogP contribution in [0.4, 0.5) is 0 Å². The number of tetrazole rings is 1. The first-order valence-electron chi connectivity index (χ1n) is 4.93. The zero-order valence-electron chi connectivity index (χ0n) is 9.23. The molecule has 0 fully saturated rings. The molecule has 0 saturated carbocycles. The second kappa shape index (κ2) is 4.04. The number of nitrogens with zero attached hydrogens (tertiary/aromatic N) is 4. The minimum absolute atomic E-state index is 0.191. The van der Waals surface area contributed by atoms with Gasteiger partial charge in [0, 0.05) is 6.42 Å². The van der Waals surface area contributed by atoms with Gasteiger partial charge in [0.05, 0.1) is 12.6 Å². The Morgan fingerprint density at radius 3 is 2.50 bits per heavy atom. The fraction of sp³-hybridized carbons (Fsp3) is 0.889. The van der Waals surface area contributed by atoms with Crippen molar-refractivity contribution in [2.45, 2.75) is 39.2 Å². The monoisotopic (exact) mass is 198 g/mol. The van der Waals surface area contributed by atoms with Gasteiger partial charge < -0.3 is 5.11 Å². The maximum Gasteiger partial charge on any atom is 0.177 e. The summed E-state index contributed by atoms with van der Waals surface area (Å²) >= 11 is 0. The zero-order valence-corrected chi connectivity index (χ0v) is 9.23. The van der Waals surface area contributed by atoms with Crippen LogP contribution in [-0.4, -0.2) is 30.9 Å². The smallest absolute Gasteiger partial charge is 0.177 e. The summed E-state index contributed by atoms with van der Waals surface area (Å²) in [5, 5.41) is 21.9. The predicted molar refractivity (Wildman–Crippen MR) is 52.6 cm³/mol. The van der Waals surface area contributed by atoms with E-state index in [0.717, 1.165) is 0 Å². The summed E-state index contributed by atoms with van der Waals surface area (Å²) in [7, 11) is 1.72. The lowest BCUT2D eigenvalue weighted by Crippen LogP contribution is -2.37. The van der Waals surface area contributed by atoms with E-state index in [0.29, 0.717) is 18.7 Å². The van der Waals surface area contributed by atoms with Crippen molar-refractivity contribution in [3.63, 3.8) is 0 Å². The Morgan fingerprint density at radius 1 is 1.50 bits per heavy atom. The fourth-order valence-corrected chi connectivity index (χ4v) is 1.41. The molecule has 0 aliphatic heterocycles. The van der Waals surface area contributed by atoms with Crippen molar-refractivity contribution in [3.05, 3.63) is 5.82 Å². The summed E-state index contributed by atoms with van der Waals surface area (Å²) in [5.74, 6) is 0.793. The first-order chi connectivity index (χ1) is 6.48. The molecule has 5 heteroatoms. The first kappa shape index (κ1) is 11.1.